The topological polar surface area (TPSA) is 97.4 Å². The van der Waals surface area contributed by atoms with Crippen molar-refractivity contribution in [1.82, 2.24) is 0 Å². The van der Waals surface area contributed by atoms with Gasteiger partial charge in [0.1, 0.15) is 6.07 Å². The van der Waals surface area contributed by atoms with Gasteiger partial charge in [0.2, 0.25) is 0 Å². The smallest absolute Gasteiger partial charge is 0.191 e. The molecule has 2 aromatic carbocycles. The quantitative estimate of drug-likeness (QED) is 0.652. The van der Waals surface area contributed by atoms with Crippen LogP contribution >= 0.6 is 15.9 Å². The van der Waals surface area contributed by atoms with Gasteiger partial charge in [-0.25, -0.2) is 0 Å². The van der Waals surface area contributed by atoms with Crippen molar-refractivity contribution < 1.29 is 0 Å². The molecule has 0 heterocycles. The summed E-state index contributed by atoms with van der Waals surface area (Å²) in [6, 6.07) is 24.5. The summed E-state index contributed by atoms with van der Waals surface area (Å²) < 4.78 is 0.921. The third-order valence-corrected chi connectivity index (χ3v) is 6.91. The highest BCUT2D eigenvalue weighted by Crippen LogP contribution is 2.57. The van der Waals surface area contributed by atoms with Crippen LogP contribution in [0.5, 0.6) is 0 Å². The molecule has 2 aliphatic rings. The Labute approximate surface area is 184 Å². The van der Waals surface area contributed by atoms with Gasteiger partial charge in [-0.2, -0.15) is 15.8 Å². The van der Waals surface area contributed by atoms with Gasteiger partial charge < -0.3 is 5.73 Å². The van der Waals surface area contributed by atoms with Gasteiger partial charge in [-0.3, -0.25) is 0 Å². The summed E-state index contributed by atoms with van der Waals surface area (Å²) in [6.07, 6.45) is 3.63. The summed E-state index contributed by atoms with van der Waals surface area (Å²) >= 11 is 3.46. The van der Waals surface area contributed by atoms with E-state index < -0.39 is 11.3 Å². The molecular formula is C25H19BrN4. The average Bonchev–Trinajstić information content (AvgIpc) is 2.79. The van der Waals surface area contributed by atoms with Gasteiger partial charge in [-0.1, -0.05) is 64.5 Å². The minimum atomic E-state index is -1.58. The number of hydrogen-bond acceptors (Lipinski definition) is 4. The van der Waals surface area contributed by atoms with E-state index in [1.54, 1.807) is 0 Å². The fourth-order valence-electron chi connectivity index (χ4n) is 4.93. The molecule has 2 N–H and O–H groups in total. The zero-order valence-electron chi connectivity index (χ0n) is 16.2. The summed E-state index contributed by atoms with van der Waals surface area (Å²) in [4.78, 5) is 0. The maximum absolute atomic E-state index is 10.2. The Morgan fingerprint density at radius 2 is 1.60 bits per heavy atom. The molecule has 4 nitrogen and oxygen atoms in total. The Morgan fingerprint density at radius 1 is 0.933 bits per heavy atom. The third-order valence-electron chi connectivity index (χ3n) is 6.38. The Bertz CT molecular complexity index is 1140. The molecule has 0 amide bonds. The van der Waals surface area contributed by atoms with E-state index in [0.29, 0.717) is 5.57 Å². The van der Waals surface area contributed by atoms with E-state index in [4.69, 9.17) is 5.73 Å². The number of hydrogen-bond donors (Lipinski definition) is 1. The van der Waals surface area contributed by atoms with E-state index in [1.807, 2.05) is 42.5 Å². The van der Waals surface area contributed by atoms with Crippen molar-refractivity contribution >= 4 is 15.9 Å². The van der Waals surface area contributed by atoms with E-state index in [9.17, 15) is 15.8 Å². The fraction of sp³-hybridized carbons (Fsp3) is 0.240. The van der Waals surface area contributed by atoms with Crippen molar-refractivity contribution in [1.29, 1.82) is 15.8 Å². The van der Waals surface area contributed by atoms with Gasteiger partial charge in [0.25, 0.3) is 0 Å². The molecule has 0 fully saturated rings. The van der Waals surface area contributed by atoms with Crippen LogP contribution in [-0.4, -0.2) is 0 Å². The molecule has 146 valence electrons. The highest BCUT2D eigenvalue weighted by atomic mass is 79.9. The molecular weight excluding hydrogens is 436 g/mol. The highest BCUT2D eigenvalue weighted by Gasteiger charge is 2.54. The second-order valence-corrected chi connectivity index (χ2v) is 8.72. The van der Waals surface area contributed by atoms with Crippen LogP contribution in [0.1, 0.15) is 35.8 Å². The normalized spacial score (nSPS) is 24.6. The van der Waals surface area contributed by atoms with Crippen molar-refractivity contribution in [2.75, 3.05) is 0 Å². The van der Waals surface area contributed by atoms with Crippen molar-refractivity contribution in [2.45, 2.75) is 24.7 Å². The monoisotopic (exact) mass is 454 g/mol. The highest BCUT2D eigenvalue weighted by molar-refractivity contribution is 9.10. The third kappa shape index (κ3) is 3.02. The Morgan fingerprint density at radius 3 is 2.20 bits per heavy atom. The number of benzene rings is 2. The van der Waals surface area contributed by atoms with Gasteiger partial charge >= 0.3 is 0 Å². The fourth-order valence-corrected chi connectivity index (χ4v) is 5.20. The molecule has 0 aromatic heterocycles. The van der Waals surface area contributed by atoms with Crippen LogP contribution in [0.4, 0.5) is 0 Å². The zero-order valence-corrected chi connectivity index (χ0v) is 17.8. The molecule has 5 heteroatoms. The molecule has 4 rings (SSSR count). The molecule has 0 bridgehead atoms. The first-order chi connectivity index (χ1) is 14.6. The number of rotatable bonds is 2. The number of halogens is 1. The average molecular weight is 455 g/mol. The van der Waals surface area contributed by atoms with Crippen LogP contribution in [0.2, 0.25) is 0 Å². The first-order valence-corrected chi connectivity index (χ1v) is 10.6. The second-order valence-electron chi connectivity index (χ2n) is 7.81. The molecule has 0 saturated carbocycles. The molecule has 0 radical (unpaired) electrons. The molecule has 30 heavy (non-hydrogen) atoms. The lowest BCUT2D eigenvalue weighted by atomic mass is 9.55. The number of allylic oxidation sites excluding steroid dienone is 4. The number of nitriles is 3. The lowest BCUT2D eigenvalue weighted by molar-refractivity contribution is 0.303. The SMILES string of the molecule is N#CC1=C(N)C(C#N)(C#N)[C@@H](c2ccc(Br)cc2)[C@@H]2C[C@H](c3ccccc3)CC=C12. The minimum absolute atomic E-state index is 0.0728. The maximum atomic E-state index is 10.2. The van der Waals surface area contributed by atoms with E-state index in [2.05, 4.69) is 52.3 Å². The molecule has 0 aliphatic heterocycles. The van der Waals surface area contributed by atoms with E-state index in [0.717, 1.165) is 28.5 Å². The number of nitrogens with two attached hydrogens (primary N) is 1. The molecule has 3 atom stereocenters. The summed E-state index contributed by atoms with van der Waals surface area (Å²) in [6.45, 7) is 0. The summed E-state index contributed by atoms with van der Waals surface area (Å²) in [7, 11) is 0. The molecule has 2 aromatic rings. The zero-order chi connectivity index (χ0) is 21.3. The minimum Gasteiger partial charge on any atom is -0.399 e. The lowest BCUT2D eigenvalue weighted by Gasteiger charge is -2.45. The van der Waals surface area contributed by atoms with Crippen LogP contribution < -0.4 is 5.73 Å². The first kappa shape index (κ1) is 20.0. The predicted octanol–water partition coefficient (Wildman–Crippen LogP) is 5.44. The van der Waals surface area contributed by atoms with Crippen molar-refractivity contribution in [3.8, 4) is 18.2 Å². The predicted molar refractivity (Wildman–Crippen MR) is 117 cm³/mol. The van der Waals surface area contributed by atoms with Crippen LogP contribution in [0.25, 0.3) is 0 Å². The van der Waals surface area contributed by atoms with Crippen LogP contribution in [0.15, 0.2) is 82.0 Å². The Balaban J connectivity index is 1.93. The van der Waals surface area contributed by atoms with E-state index in [-0.39, 0.29) is 17.5 Å². The van der Waals surface area contributed by atoms with Gasteiger partial charge in [0.05, 0.1) is 23.4 Å². The first-order valence-electron chi connectivity index (χ1n) is 9.79. The largest absolute Gasteiger partial charge is 0.399 e. The number of fused-ring (bicyclic) bond motifs is 1. The van der Waals surface area contributed by atoms with Crippen molar-refractivity contribution in [3.05, 3.63) is 93.1 Å². The lowest BCUT2D eigenvalue weighted by Crippen LogP contribution is -2.43. The standard InChI is InChI=1S/C25H19BrN4/c26-19-9-6-17(7-10-19)23-21-12-18(16-4-2-1-3-5-16)8-11-20(21)22(13-27)24(30)25(23,14-28)15-29/h1-7,9-11,18,21,23H,8,12,30H2/t18-,21-,23+/m1/s1. The van der Waals surface area contributed by atoms with Crippen LogP contribution in [0.3, 0.4) is 0 Å². The Hall–Kier alpha value is -3.33. The van der Waals surface area contributed by atoms with Gasteiger partial charge in [0.15, 0.2) is 5.41 Å². The molecule has 0 spiro atoms. The van der Waals surface area contributed by atoms with E-state index >= 15 is 0 Å². The second kappa shape index (κ2) is 7.83. The summed E-state index contributed by atoms with van der Waals surface area (Å²) in [5.41, 5.74) is 8.12. The summed E-state index contributed by atoms with van der Waals surface area (Å²) in [5.74, 6) is -0.339. The van der Waals surface area contributed by atoms with Crippen molar-refractivity contribution in [2.24, 2.45) is 17.1 Å². The molecule has 0 unspecified atom stereocenters. The summed E-state index contributed by atoms with van der Waals surface area (Å²) in [5, 5.41) is 30.2. The molecule has 0 saturated heterocycles. The van der Waals surface area contributed by atoms with Crippen molar-refractivity contribution in [3.63, 3.8) is 0 Å². The maximum Gasteiger partial charge on any atom is 0.191 e. The van der Waals surface area contributed by atoms with Gasteiger partial charge in [-0.15, -0.1) is 0 Å². The van der Waals surface area contributed by atoms with Crippen LogP contribution in [0, 0.1) is 45.3 Å². The Kier molecular flexibility index (Phi) is 5.21. The molecule has 2 aliphatic carbocycles. The number of nitrogens with zero attached hydrogens (tertiary/aromatic N) is 3. The van der Waals surface area contributed by atoms with Gasteiger partial charge in [0, 0.05) is 10.4 Å². The van der Waals surface area contributed by atoms with E-state index in [1.165, 1.54) is 5.56 Å². The van der Waals surface area contributed by atoms with Crippen LogP contribution in [-0.2, 0) is 0 Å². The van der Waals surface area contributed by atoms with Gasteiger partial charge in [-0.05, 0) is 53.5 Å².